The third kappa shape index (κ3) is 7.51. The van der Waals surface area contributed by atoms with Crippen molar-refractivity contribution in [2.24, 2.45) is 5.73 Å². The molecule has 4 amide bonds. The molecule has 4 aromatic rings. The monoisotopic (exact) mass is 589 g/mol. The maximum atomic E-state index is 13.8. The van der Waals surface area contributed by atoms with E-state index in [1.165, 1.54) is 0 Å². The smallest absolute Gasteiger partial charge is 0.315 e. The number of nitrogens with two attached hydrogens (primary N) is 1. The maximum absolute atomic E-state index is 13.8. The number of hydrogen-bond acceptors (Lipinski definition) is 4. The molecule has 44 heavy (non-hydrogen) atoms. The van der Waals surface area contributed by atoms with Crippen LogP contribution < -0.4 is 26.6 Å². The zero-order valence-corrected chi connectivity index (χ0v) is 25.2. The van der Waals surface area contributed by atoms with Gasteiger partial charge >= 0.3 is 6.03 Å². The lowest BCUT2D eigenvalue weighted by atomic mass is 9.98. The fraction of sp³-hybridized carbons (Fsp3) is 0.250. The quantitative estimate of drug-likeness (QED) is 0.219. The Kier molecular flexibility index (Phi) is 9.41. The molecule has 8 nitrogen and oxygen atoms in total. The number of para-hydroxylation sites is 1. The minimum absolute atomic E-state index is 0.154. The van der Waals surface area contributed by atoms with Gasteiger partial charge in [-0.2, -0.15) is 0 Å². The van der Waals surface area contributed by atoms with Crippen LogP contribution in [0.1, 0.15) is 42.5 Å². The van der Waals surface area contributed by atoms with Crippen LogP contribution in [0.25, 0.3) is 11.1 Å². The molecule has 0 aromatic heterocycles. The Morgan fingerprint density at radius 3 is 2.23 bits per heavy atom. The van der Waals surface area contributed by atoms with Crippen molar-refractivity contribution in [3.05, 3.63) is 125 Å². The molecular formula is C36H39N5O3. The molecule has 0 saturated heterocycles. The summed E-state index contributed by atoms with van der Waals surface area (Å²) in [5, 5.41) is 8.74. The molecule has 5 rings (SSSR count). The average Bonchev–Trinajstić information content (AvgIpc) is 3.16. The summed E-state index contributed by atoms with van der Waals surface area (Å²) in [5.74, 6) is -0.508. The van der Waals surface area contributed by atoms with Crippen molar-refractivity contribution in [3.63, 3.8) is 0 Å². The fourth-order valence-corrected chi connectivity index (χ4v) is 5.30. The van der Waals surface area contributed by atoms with Crippen LogP contribution >= 0.6 is 0 Å². The van der Waals surface area contributed by atoms with Crippen LogP contribution in [-0.4, -0.2) is 29.4 Å². The number of aryl methyl sites for hydroxylation is 1. The molecule has 0 spiro atoms. The topological polar surface area (TPSA) is 117 Å². The Balaban J connectivity index is 1.29. The van der Waals surface area contributed by atoms with Crippen molar-refractivity contribution in [1.29, 1.82) is 0 Å². The van der Waals surface area contributed by atoms with E-state index in [1.807, 2.05) is 103 Å². The number of benzene rings is 4. The summed E-state index contributed by atoms with van der Waals surface area (Å²) in [4.78, 5) is 40.7. The molecule has 0 fully saturated rings. The third-order valence-electron chi connectivity index (χ3n) is 7.80. The van der Waals surface area contributed by atoms with Crippen LogP contribution in [-0.2, 0) is 35.6 Å². The number of urea groups is 1. The van der Waals surface area contributed by atoms with Crippen molar-refractivity contribution in [1.82, 2.24) is 16.0 Å². The number of anilines is 1. The molecule has 5 N–H and O–H groups in total. The number of amides is 4. The molecule has 1 heterocycles. The first-order valence-electron chi connectivity index (χ1n) is 14.9. The Labute approximate surface area is 258 Å². The predicted octanol–water partition coefficient (Wildman–Crippen LogP) is 5.05. The summed E-state index contributed by atoms with van der Waals surface area (Å²) >= 11 is 0. The van der Waals surface area contributed by atoms with Crippen molar-refractivity contribution in [3.8, 4) is 11.1 Å². The molecule has 4 aromatic carbocycles. The maximum Gasteiger partial charge on any atom is 0.315 e. The lowest BCUT2D eigenvalue weighted by Crippen LogP contribution is -2.56. The van der Waals surface area contributed by atoms with E-state index in [0.717, 1.165) is 39.1 Å². The predicted molar refractivity (Wildman–Crippen MR) is 174 cm³/mol. The second kappa shape index (κ2) is 13.6. The van der Waals surface area contributed by atoms with Gasteiger partial charge in [0.05, 0.1) is 12.1 Å². The van der Waals surface area contributed by atoms with E-state index in [2.05, 4.69) is 16.0 Å². The summed E-state index contributed by atoms with van der Waals surface area (Å²) in [6.07, 6.45) is 1.17. The molecule has 1 aliphatic heterocycles. The van der Waals surface area contributed by atoms with Crippen molar-refractivity contribution < 1.29 is 14.4 Å². The van der Waals surface area contributed by atoms with E-state index >= 15 is 0 Å². The average molecular weight is 590 g/mol. The van der Waals surface area contributed by atoms with Crippen molar-refractivity contribution >= 4 is 23.5 Å². The number of carbonyl (C=O) groups is 3. The van der Waals surface area contributed by atoms with Gasteiger partial charge in [-0.05, 0) is 66.1 Å². The first kappa shape index (κ1) is 30.5. The zero-order valence-electron chi connectivity index (χ0n) is 25.2. The molecule has 226 valence electrons. The molecule has 8 heteroatoms. The number of fused-ring (bicyclic) bond motifs is 1. The Morgan fingerprint density at radius 2 is 1.48 bits per heavy atom. The largest absolute Gasteiger partial charge is 0.343 e. The number of carbonyl (C=O) groups excluding carboxylic acids is 3. The Bertz CT molecular complexity index is 1610. The molecule has 0 unspecified atom stereocenters. The Morgan fingerprint density at radius 1 is 0.818 bits per heavy atom. The van der Waals surface area contributed by atoms with Crippen LogP contribution in [0.5, 0.6) is 0 Å². The summed E-state index contributed by atoms with van der Waals surface area (Å²) in [6, 6.07) is 32.9. The molecule has 1 atom stereocenters. The first-order valence-corrected chi connectivity index (χ1v) is 14.9. The van der Waals surface area contributed by atoms with E-state index in [4.69, 9.17) is 5.73 Å². The lowest BCUT2D eigenvalue weighted by molar-refractivity contribution is -0.130. The highest BCUT2D eigenvalue weighted by Crippen LogP contribution is 2.30. The third-order valence-corrected chi connectivity index (χ3v) is 7.80. The van der Waals surface area contributed by atoms with Crippen LogP contribution in [0.4, 0.5) is 10.5 Å². The summed E-state index contributed by atoms with van der Waals surface area (Å²) < 4.78 is 0. The highest BCUT2D eigenvalue weighted by atomic mass is 16.2. The van der Waals surface area contributed by atoms with Gasteiger partial charge in [0.15, 0.2) is 0 Å². The molecular weight excluding hydrogens is 550 g/mol. The van der Waals surface area contributed by atoms with Crippen LogP contribution in [0.2, 0.25) is 0 Å². The van der Waals surface area contributed by atoms with E-state index in [9.17, 15) is 14.4 Å². The fourth-order valence-electron chi connectivity index (χ4n) is 5.30. The van der Waals surface area contributed by atoms with Gasteiger partial charge in [0.1, 0.15) is 6.04 Å². The Hall–Kier alpha value is -4.95. The van der Waals surface area contributed by atoms with E-state index in [1.54, 1.807) is 18.7 Å². The number of nitrogens with zero attached hydrogens (tertiary/aromatic N) is 1. The molecule has 0 radical (unpaired) electrons. The van der Waals surface area contributed by atoms with Gasteiger partial charge in [0, 0.05) is 18.8 Å². The van der Waals surface area contributed by atoms with Crippen LogP contribution in [0.15, 0.2) is 103 Å². The minimum atomic E-state index is -1.09. The van der Waals surface area contributed by atoms with Gasteiger partial charge in [-0.25, -0.2) is 4.79 Å². The normalized spacial score (nSPS) is 14.8. The standard InChI is InChI=1S/C36H39N5O3/c1-36(2,37)34(43)40-31-21-20-28-12-7-9-15-32(28)41(33(31)42)24-26-16-18-27(19-17-26)30-14-8-6-13-29(30)23-39-35(44)38-22-25-10-4-3-5-11-25/h3-19,31H,20-24,37H2,1-2H3,(H,40,43)(H2,38,39,44)/t31-/m1/s1. The van der Waals surface area contributed by atoms with Gasteiger partial charge in [0.2, 0.25) is 11.8 Å². The van der Waals surface area contributed by atoms with Crippen LogP contribution in [0, 0.1) is 0 Å². The highest BCUT2D eigenvalue weighted by Gasteiger charge is 2.34. The highest BCUT2D eigenvalue weighted by molar-refractivity contribution is 6.01. The summed E-state index contributed by atoms with van der Waals surface area (Å²) in [5.41, 5.74) is 11.9. The van der Waals surface area contributed by atoms with Gasteiger partial charge in [0.25, 0.3) is 0 Å². The molecule has 1 aliphatic rings. The molecule has 0 aliphatic carbocycles. The minimum Gasteiger partial charge on any atom is -0.343 e. The number of nitrogens with one attached hydrogen (secondary N) is 3. The van der Waals surface area contributed by atoms with Gasteiger partial charge in [-0.3, -0.25) is 9.59 Å². The summed E-state index contributed by atoms with van der Waals surface area (Å²) in [7, 11) is 0. The molecule has 0 saturated carbocycles. The second-order valence-corrected chi connectivity index (χ2v) is 11.7. The summed E-state index contributed by atoms with van der Waals surface area (Å²) in [6.45, 7) is 4.46. The molecule has 0 bridgehead atoms. The SMILES string of the molecule is CC(C)(N)C(=O)N[C@@H]1CCc2ccccc2N(Cc2ccc(-c3ccccc3CNC(=O)NCc3ccccc3)cc2)C1=O. The van der Waals surface area contributed by atoms with Gasteiger partial charge in [-0.15, -0.1) is 0 Å². The number of rotatable bonds is 9. The van der Waals surface area contributed by atoms with Gasteiger partial charge in [-0.1, -0.05) is 97.1 Å². The van der Waals surface area contributed by atoms with E-state index < -0.39 is 11.6 Å². The van der Waals surface area contributed by atoms with Crippen LogP contribution in [0.3, 0.4) is 0 Å². The van der Waals surface area contributed by atoms with Gasteiger partial charge < -0.3 is 26.6 Å². The van der Waals surface area contributed by atoms with E-state index in [0.29, 0.717) is 32.5 Å². The van der Waals surface area contributed by atoms with Crippen molar-refractivity contribution in [2.75, 3.05) is 4.90 Å². The second-order valence-electron chi connectivity index (χ2n) is 11.7. The first-order chi connectivity index (χ1) is 21.2. The zero-order chi connectivity index (χ0) is 31.1. The van der Waals surface area contributed by atoms with Crippen molar-refractivity contribution in [2.45, 2.75) is 57.9 Å². The van der Waals surface area contributed by atoms with E-state index in [-0.39, 0.29) is 17.8 Å². The number of hydrogen-bond donors (Lipinski definition) is 4. The lowest BCUT2D eigenvalue weighted by Gasteiger charge is -2.28.